The van der Waals surface area contributed by atoms with Gasteiger partial charge in [-0.3, -0.25) is 9.59 Å². The number of nitrogens with one attached hydrogen (secondary N) is 2. The lowest BCUT2D eigenvalue weighted by Gasteiger charge is -2.15. The summed E-state index contributed by atoms with van der Waals surface area (Å²) < 4.78 is 23.9. The minimum absolute atomic E-state index is 0.000104. The number of nitrogens with two attached hydrogens (primary N) is 1. The monoisotopic (exact) mass is 355 g/mol. The molecule has 8 heteroatoms. The number of hydrogen-bond acceptors (Lipinski definition) is 5. The second-order valence-electron chi connectivity index (χ2n) is 5.92. The maximum atomic E-state index is 12.0. The SMILES string of the molecule is CC(C)[C@H](N)C(=O)NCC(=O)NCCS(=O)(=O)Cc1ccccc1. The van der Waals surface area contributed by atoms with Gasteiger partial charge in [-0.05, 0) is 11.5 Å². The van der Waals surface area contributed by atoms with Gasteiger partial charge >= 0.3 is 0 Å². The van der Waals surface area contributed by atoms with Crippen molar-refractivity contribution in [3.8, 4) is 0 Å². The van der Waals surface area contributed by atoms with E-state index in [0.717, 1.165) is 0 Å². The van der Waals surface area contributed by atoms with Gasteiger partial charge in [-0.1, -0.05) is 44.2 Å². The van der Waals surface area contributed by atoms with E-state index in [9.17, 15) is 18.0 Å². The molecular weight excluding hydrogens is 330 g/mol. The van der Waals surface area contributed by atoms with Crippen LogP contribution < -0.4 is 16.4 Å². The minimum atomic E-state index is -3.31. The van der Waals surface area contributed by atoms with Crippen molar-refractivity contribution >= 4 is 21.7 Å². The first-order valence-corrected chi connectivity index (χ1v) is 9.58. The quantitative estimate of drug-likeness (QED) is 0.568. The summed E-state index contributed by atoms with van der Waals surface area (Å²) in [7, 11) is -3.31. The molecule has 4 N–H and O–H groups in total. The van der Waals surface area contributed by atoms with Crippen LogP contribution in [0.15, 0.2) is 30.3 Å². The average molecular weight is 355 g/mol. The van der Waals surface area contributed by atoms with Crippen LogP contribution in [0.1, 0.15) is 19.4 Å². The molecule has 0 aliphatic rings. The Morgan fingerprint density at radius 3 is 2.33 bits per heavy atom. The van der Waals surface area contributed by atoms with E-state index in [1.165, 1.54) is 0 Å². The van der Waals surface area contributed by atoms with Crippen LogP contribution in [0.2, 0.25) is 0 Å². The third-order valence-electron chi connectivity index (χ3n) is 3.41. The molecule has 1 rings (SSSR count). The van der Waals surface area contributed by atoms with Crippen molar-refractivity contribution in [2.24, 2.45) is 11.7 Å². The Kier molecular flexibility index (Phi) is 7.87. The summed E-state index contributed by atoms with van der Waals surface area (Å²) in [5, 5.41) is 4.90. The van der Waals surface area contributed by atoms with Crippen molar-refractivity contribution in [1.29, 1.82) is 0 Å². The summed E-state index contributed by atoms with van der Waals surface area (Å²) in [6.07, 6.45) is 0. The Labute approximate surface area is 142 Å². The standard InChI is InChI=1S/C16H25N3O4S/c1-12(2)15(17)16(21)19-10-14(20)18-8-9-24(22,23)11-13-6-4-3-5-7-13/h3-7,12,15H,8-11,17H2,1-2H3,(H,18,20)(H,19,21)/t15-/m0/s1. The normalized spacial score (nSPS) is 12.7. The Bertz CT molecular complexity index is 645. The maximum Gasteiger partial charge on any atom is 0.239 e. The molecule has 0 radical (unpaired) electrons. The van der Waals surface area contributed by atoms with Gasteiger partial charge < -0.3 is 16.4 Å². The van der Waals surface area contributed by atoms with Gasteiger partial charge in [-0.15, -0.1) is 0 Å². The van der Waals surface area contributed by atoms with Gasteiger partial charge in [0.15, 0.2) is 9.84 Å². The largest absolute Gasteiger partial charge is 0.354 e. The summed E-state index contributed by atoms with van der Waals surface area (Å²) in [6, 6.07) is 8.17. The van der Waals surface area contributed by atoms with Crippen LogP contribution in [0, 0.1) is 5.92 Å². The molecule has 0 bridgehead atoms. The molecule has 0 aliphatic heterocycles. The Morgan fingerprint density at radius 1 is 1.12 bits per heavy atom. The fourth-order valence-corrected chi connectivity index (χ4v) is 3.15. The highest BCUT2D eigenvalue weighted by molar-refractivity contribution is 7.90. The summed E-state index contributed by atoms with van der Waals surface area (Å²) in [6.45, 7) is 3.39. The minimum Gasteiger partial charge on any atom is -0.354 e. The zero-order valence-corrected chi connectivity index (χ0v) is 14.8. The highest BCUT2D eigenvalue weighted by Gasteiger charge is 2.18. The van der Waals surface area contributed by atoms with Crippen molar-refractivity contribution in [2.45, 2.75) is 25.6 Å². The van der Waals surface area contributed by atoms with Gasteiger partial charge in [0, 0.05) is 6.54 Å². The smallest absolute Gasteiger partial charge is 0.239 e. The lowest BCUT2D eigenvalue weighted by Crippen LogP contribution is -2.47. The zero-order valence-electron chi connectivity index (χ0n) is 14.0. The number of amides is 2. The Balaban J connectivity index is 2.31. The van der Waals surface area contributed by atoms with E-state index in [2.05, 4.69) is 10.6 Å². The van der Waals surface area contributed by atoms with Gasteiger partial charge in [0.2, 0.25) is 11.8 Å². The lowest BCUT2D eigenvalue weighted by atomic mass is 10.1. The highest BCUT2D eigenvalue weighted by atomic mass is 32.2. The van der Waals surface area contributed by atoms with Crippen molar-refractivity contribution in [1.82, 2.24) is 10.6 Å². The average Bonchev–Trinajstić information content (AvgIpc) is 2.52. The van der Waals surface area contributed by atoms with Gasteiger partial charge in [0.05, 0.1) is 24.1 Å². The molecule has 7 nitrogen and oxygen atoms in total. The summed E-state index contributed by atoms with van der Waals surface area (Å²) in [4.78, 5) is 23.2. The molecule has 0 fully saturated rings. The van der Waals surface area contributed by atoms with Crippen LogP contribution in [0.3, 0.4) is 0 Å². The second kappa shape index (κ2) is 9.39. The second-order valence-corrected chi connectivity index (χ2v) is 8.10. The fraction of sp³-hybridized carbons (Fsp3) is 0.500. The van der Waals surface area contributed by atoms with Crippen LogP contribution in [-0.4, -0.2) is 45.1 Å². The molecule has 1 atom stereocenters. The van der Waals surface area contributed by atoms with Gasteiger partial charge in [-0.25, -0.2) is 8.42 Å². The predicted molar refractivity (Wildman–Crippen MR) is 92.8 cm³/mol. The molecule has 1 aromatic carbocycles. The number of carbonyl (C=O) groups excluding carboxylic acids is 2. The van der Waals surface area contributed by atoms with Crippen molar-refractivity contribution in [3.05, 3.63) is 35.9 Å². The topological polar surface area (TPSA) is 118 Å². The highest BCUT2D eigenvalue weighted by Crippen LogP contribution is 2.05. The molecule has 1 aromatic rings. The molecule has 2 amide bonds. The number of hydrogen-bond donors (Lipinski definition) is 3. The van der Waals surface area contributed by atoms with Crippen LogP contribution in [0.25, 0.3) is 0 Å². The molecule has 0 aromatic heterocycles. The first kappa shape index (κ1) is 20.1. The van der Waals surface area contributed by atoms with E-state index < -0.39 is 27.7 Å². The zero-order chi connectivity index (χ0) is 18.2. The van der Waals surface area contributed by atoms with Crippen LogP contribution in [0.4, 0.5) is 0 Å². The van der Waals surface area contributed by atoms with Crippen LogP contribution >= 0.6 is 0 Å². The van der Waals surface area contributed by atoms with E-state index in [4.69, 9.17) is 5.73 Å². The van der Waals surface area contributed by atoms with E-state index in [0.29, 0.717) is 5.56 Å². The third-order valence-corrected chi connectivity index (χ3v) is 5.01. The number of carbonyl (C=O) groups is 2. The molecular formula is C16H25N3O4S. The molecule has 134 valence electrons. The molecule has 0 saturated carbocycles. The fourth-order valence-electron chi connectivity index (χ4n) is 1.90. The molecule has 0 saturated heterocycles. The molecule has 0 unspecified atom stereocenters. The Morgan fingerprint density at radius 2 is 1.75 bits per heavy atom. The maximum absolute atomic E-state index is 12.0. The van der Waals surface area contributed by atoms with Gasteiger partial charge in [0.25, 0.3) is 0 Å². The van der Waals surface area contributed by atoms with E-state index in [-0.39, 0.29) is 30.5 Å². The van der Waals surface area contributed by atoms with Crippen molar-refractivity contribution in [3.63, 3.8) is 0 Å². The number of sulfone groups is 1. The van der Waals surface area contributed by atoms with Crippen LogP contribution in [-0.2, 0) is 25.2 Å². The lowest BCUT2D eigenvalue weighted by molar-refractivity contribution is -0.127. The molecule has 0 heterocycles. The summed E-state index contributed by atoms with van der Waals surface area (Å²) >= 11 is 0. The van der Waals surface area contributed by atoms with E-state index in [1.807, 2.05) is 19.9 Å². The summed E-state index contributed by atoms with van der Waals surface area (Å²) in [5.74, 6) is -1.11. The predicted octanol–water partition coefficient (Wildman–Crippen LogP) is -0.183. The summed E-state index contributed by atoms with van der Waals surface area (Å²) in [5.41, 5.74) is 6.36. The number of rotatable bonds is 9. The van der Waals surface area contributed by atoms with Crippen molar-refractivity contribution < 1.29 is 18.0 Å². The van der Waals surface area contributed by atoms with Gasteiger partial charge in [0.1, 0.15) is 0 Å². The van der Waals surface area contributed by atoms with Crippen LogP contribution in [0.5, 0.6) is 0 Å². The first-order valence-electron chi connectivity index (χ1n) is 7.75. The molecule has 0 spiro atoms. The number of benzene rings is 1. The molecule has 0 aliphatic carbocycles. The van der Waals surface area contributed by atoms with E-state index >= 15 is 0 Å². The third kappa shape index (κ3) is 7.56. The Hall–Kier alpha value is -1.93. The van der Waals surface area contributed by atoms with Gasteiger partial charge in [-0.2, -0.15) is 0 Å². The first-order chi connectivity index (χ1) is 11.2. The van der Waals surface area contributed by atoms with E-state index in [1.54, 1.807) is 24.3 Å². The molecule has 24 heavy (non-hydrogen) atoms. The van der Waals surface area contributed by atoms with Crippen molar-refractivity contribution in [2.75, 3.05) is 18.8 Å².